The fourth-order valence-electron chi connectivity index (χ4n) is 4.50. The number of amides is 3. The minimum Gasteiger partial charge on any atom is -0.506 e. The number of anilines is 1. The van der Waals surface area contributed by atoms with Gasteiger partial charge in [-0.15, -0.1) is 11.8 Å². The van der Waals surface area contributed by atoms with Crippen LogP contribution >= 0.6 is 11.8 Å². The van der Waals surface area contributed by atoms with Crippen LogP contribution in [0.5, 0.6) is 5.75 Å². The van der Waals surface area contributed by atoms with Crippen molar-refractivity contribution in [2.75, 3.05) is 12.3 Å². The van der Waals surface area contributed by atoms with E-state index in [-0.39, 0.29) is 17.3 Å². The molecular formula is C25H28N6O6S. The molecule has 200 valence electrons. The minimum absolute atomic E-state index is 0.0153. The molecular weight excluding hydrogens is 512 g/mol. The van der Waals surface area contributed by atoms with Crippen LogP contribution in [0.2, 0.25) is 0 Å². The molecule has 0 radical (unpaired) electrons. The van der Waals surface area contributed by atoms with Crippen LogP contribution in [-0.2, 0) is 19.2 Å². The predicted molar refractivity (Wildman–Crippen MR) is 141 cm³/mol. The van der Waals surface area contributed by atoms with E-state index in [4.69, 9.17) is 11.5 Å². The van der Waals surface area contributed by atoms with Gasteiger partial charge in [0.2, 0.25) is 17.7 Å². The molecule has 0 spiro atoms. The number of phenolic OH excluding ortho intramolecular Hbond substituents is 1. The summed E-state index contributed by atoms with van der Waals surface area (Å²) in [6.07, 6.45) is 0. The van der Waals surface area contributed by atoms with E-state index in [2.05, 4.69) is 15.6 Å². The third kappa shape index (κ3) is 5.09. The lowest BCUT2D eigenvalue weighted by Gasteiger charge is -2.44. The van der Waals surface area contributed by atoms with E-state index in [1.165, 1.54) is 34.9 Å². The normalized spacial score (nSPS) is 22.7. The summed E-state index contributed by atoms with van der Waals surface area (Å²) in [6, 6.07) is 9.69. The number of fused-ring (bicyclic) bond motifs is 1. The second kappa shape index (κ2) is 10.2. The van der Waals surface area contributed by atoms with Crippen molar-refractivity contribution in [1.29, 1.82) is 0 Å². The third-order valence-electron chi connectivity index (χ3n) is 6.39. The Balaban J connectivity index is 1.46. The van der Waals surface area contributed by atoms with E-state index in [1.807, 2.05) is 0 Å². The zero-order valence-electron chi connectivity index (χ0n) is 20.6. The maximum Gasteiger partial charge on any atom is 0.327 e. The monoisotopic (exact) mass is 540 g/mol. The molecule has 13 heteroatoms. The molecule has 4 atom stereocenters. The Hall–Kier alpha value is -4.26. The van der Waals surface area contributed by atoms with E-state index in [9.17, 15) is 29.4 Å². The van der Waals surface area contributed by atoms with Crippen molar-refractivity contribution < 1.29 is 29.4 Å². The molecule has 0 bridgehead atoms. The van der Waals surface area contributed by atoms with Gasteiger partial charge in [0.05, 0.1) is 5.69 Å². The number of hydrogen-bond acceptors (Lipinski definition) is 8. The van der Waals surface area contributed by atoms with Gasteiger partial charge in [-0.05, 0) is 37.6 Å². The zero-order chi connectivity index (χ0) is 27.8. The zero-order valence-corrected chi connectivity index (χ0v) is 21.4. The molecule has 0 saturated carbocycles. The van der Waals surface area contributed by atoms with Crippen molar-refractivity contribution in [2.24, 2.45) is 10.7 Å². The summed E-state index contributed by atoms with van der Waals surface area (Å²) in [5.41, 5.74) is 12.6. The fourth-order valence-corrected chi connectivity index (χ4v) is 6.12. The quantitative estimate of drug-likeness (QED) is 0.0887. The van der Waals surface area contributed by atoms with Crippen molar-refractivity contribution in [1.82, 2.24) is 15.5 Å². The first-order chi connectivity index (χ1) is 17.9. The minimum atomic E-state index is -1.14. The summed E-state index contributed by atoms with van der Waals surface area (Å²) in [5.74, 6) is -2.91. The number of carbonyl (C=O) groups excluding carboxylic acids is 3. The van der Waals surface area contributed by atoms with Crippen LogP contribution in [0.1, 0.15) is 31.0 Å². The molecule has 2 heterocycles. The molecule has 2 aromatic carbocycles. The summed E-state index contributed by atoms with van der Waals surface area (Å²) in [5, 5.41) is 23.9. The highest BCUT2D eigenvalue weighted by molar-refractivity contribution is 8.01. The summed E-state index contributed by atoms with van der Waals surface area (Å²) in [4.78, 5) is 55.9. The van der Waals surface area contributed by atoms with Crippen molar-refractivity contribution in [2.45, 2.75) is 42.1 Å². The van der Waals surface area contributed by atoms with Gasteiger partial charge in [-0.2, -0.15) is 0 Å². The van der Waals surface area contributed by atoms with E-state index in [1.54, 1.807) is 44.2 Å². The lowest BCUT2D eigenvalue weighted by molar-refractivity contribution is -0.161. The number of aromatic hydroxyl groups is 1. The first kappa shape index (κ1) is 26.8. The van der Waals surface area contributed by atoms with E-state index in [0.717, 1.165) is 0 Å². The first-order valence-electron chi connectivity index (χ1n) is 11.7. The summed E-state index contributed by atoms with van der Waals surface area (Å²) < 4.78 is -0.737. The highest BCUT2D eigenvalue weighted by atomic mass is 32.2. The molecule has 2 unspecified atom stereocenters. The van der Waals surface area contributed by atoms with Crippen molar-refractivity contribution in [3.05, 3.63) is 59.7 Å². The van der Waals surface area contributed by atoms with E-state index >= 15 is 0 Å². The van der Waals surface area contributed by atoms with Gasteiger partial charge in [-0.25, -0.2) is 4.79 Å². The van der Waals surface area contributed by atoms with Crippen molar-refractivity contribution in [3.8, 4) is 5.75 Å². The standard InChI is InChI=1S/C25H28N6O6S/c1-25(2)19(24(36)37)31-22(35)18(23(31)38-25)30-21(34)17(12-6-4-3-5-7-12)29-16(33)11-28-20(27)13-8-9-15(32)14(26)10-13/h3-10,17-19,23,32H,11,26H2,1-2H3,(H2,27,28)(H,29,33)(H,30,34)(H,36,37)/t17?,18?,19-,23+/m0/s1. The average molecular weight is 541 g/mol. The van der Waals surface area contributed by atoms with Crippen LogP contribution in [0.3, 0.4) is 0 Å². The molecule has 12 nitrogen and oxygen atoms in total. The number of thioether (sulfide) groups is 1. The molecule has 8 N–H and O–H groups in total. The summed E-state index contributed by atoms with van der Waals surface area (Å²) >= 11 is 1.31. The topological polar surface area (TPSA) is 200 Å². The fraction of sp³-hybridized carbons (Fsp3) is 0.320. The van der Waals surface area contributed by atoms with Gasteiger partial charge >= 0.3 is 5.97 Å². The number of nitrogens with two attached hydrogens (primary N) is 2. The van der Waals surface area contributed by atoms with Gasteiger partial charge in [0.1, 0.15) is 41.6 Å². The third-order valence-corrected chi connectivity index (χ3v) is 7.96. The van der Waals surface area contributed by atoms with Crippen molar-refractivity contribution >= 4 is 47.0 Å². The van der Waals surface area contributed by atoms with Gasteiger partial charge in [0.15, 0.2) is 0 Å². The van der Waals surface area contributed by atoms with Gasteiger partial charge in [-0.3, -0.25) is 19.4 Å². The maximum absolute atomic E-state index is 13.3. The average Bonchev–Trinajstić information content (AvgIpc) is 3.14. The Morgan fingerprint density at radius 2 is 1.87 bits per heavy atom. The summed E-state index contributed by atoms with van der Waals surface area (Å²) in [7, 11) is 0. The Morgan fingerprint density at radius 3 is 2.50 bits per heavy atom. The largest absolute Gasteiger partial charge is 0.506 e. The lowest BCUT2D eigenvalue weighted by Crippen LogP contribution is -2.71. The Bertz CT molecular complexity index is 1320. The van der Waals surface area contributed by atoms with Crippen LogP contribution in [0.4, 0.5) is 5.69 Å². The van der Waals surface area contributed by atoms with Crippen LogP contribution in [0.15, 0.2) is 53.5 Å². The second-order valence-corrected chi connectivity index (χ2v) is 11.2. The molecule has 4 rings (SSSR count). The van der Waals surface area contributed by atoms with Crippen LogP contribution < -0.4 is 22.1 Å². The van der Waals surface area contributed by atoms with Gasteiger partial charge in [-0.1, -0.05) is 30.3 Å². The lowest BCUT2D eigenvalue weighted by atomic mass is 9.95. The number of aliphatic imine (C=N–C) groups is 1. The van der Waals surface area contributed by atoms with E-state index < -0.39 is 58.5 Å². The molecule has 2 fully saturated rings. The number of amidine groups is 1. The Labute approximate surface area is 222 Å². The Kier molecular flexibility index (Phi) is 7.22. The van der Waals surface area contributed by atoms with Gasteiger partial charge < -0.3 is 37.2 Å². The number of carbonyl (C=O) groups is 4. The molecule has 38 heavy (non-hydrogen) atoms. The van der Waals surface area contributed by atoms with Crippen molar-refractivity contribution in [3.63, 3.8) is 0 Å². The first-order valence-corrected chi connectivity index (χ1v) is 12.5. The highest BCUT2D eigenvalue weighted by Gasteiger charge is 2.64. The molecule has 2 aliphatic rings. The number of aliphatic carboxylic acids is 1. The predicted octanol–water partition coefficient (Wildman–Crippen LogP) is 0.169. The SMILES string of the molecule is CC1(C)S[C@@H]2C(NC(=O)C(NC(=O)CN=C(N)c3ccc(O)c(N)c3)c3ccccc3)C(=O)N2[C@H]1C(=O)O. The summed E-state index contributed by atoms with van der Waals surface area (Å²) in [6.45, 7) is 3.09. The second-order valence-electron chi connectivity index (χ2n) is 9.47. The highest BCUT2D eigenvalue weighted by Crippen LogP contribution is 2.50. The number of nitrogens with zero attached hydrogens (tertiary/aromatic N) is 2. The molecule has 2 aromatic rings. The number of carboxylic acids is 1. The number of rotatable bonds is 8. The molecule has 3 amide bonds. The number of phenols is 1. The number of nitrogen functional groups attached to an aromatic ring is 1. The Morgan fingerprint density at radius 1 is 1.18 bits per heavy atom. The van der Waals surface area contributed by atoms with Gasteiger partial charge in [0.25, 0.3) is 0 Å². The van der Waals surface area contributed by atoms with Crippen LogP contribution in [-0.4, -0.2) is 73.4 Å². The van der Waals surface area contributed by atoms with Crippen LogP contribution in [0.25, 0.3) is 0 Å². The number of benzene rings is 2. The maximum atomic E-state index is 13.3. The molecule has 0 aromatic heterocycles. The number of carboxylic acid groups (broad SMARTS) is 1. The molecule has 2 aliphatic heterocycles. The number of β-lactam (4-membered cyclic amide) rings is 1. The number of nitrogens with one attached hydrogen (secondary N) is 2. The molecule has 2 saturated heterocycles. The van der Waals surface area contributed by atoms with Gasteiger partial charge in [0, 0.05) is 10.3 Å². The molecule has 0 aliphatic carbocycles. The smallest absolute Gasteiger partial charge is 0.327 e. The number of hydrogen-bond donors (Lipinski definition) is 6. The van der Waals surface area contributed by atoms with E-state index in [0.29, 0.717) is 11.1 Å². The van der Waals surface area contributed by atoms with Crippen LogP contribution in [0, 0.1) is 0 Å².